The third-order valence-electron chi connectivity index (χ3n) is 5.84. The number of nitrogens with zero attached hydrogens (tertiary/aromatic N) is 2. The van der Waals surface area contributed by atoms with Gasteiger partial charge >= 0.3 is 0 Å². The van der Waals surface area contributed by atoms with Crippen molar-refractivity contribution in [2.45, 2.75) is 33.4 Å². The number of methoxy groups -OCH3 is 1. The van der Waals surface area contributed by atoms with Gasteiger partial charge in [0.1, 0.15) is 17.2 Å². The molecule has 1 amide bonds. The van der Waals surface area contributed by atoms with Gasteiger partial charge < -0.3 is 9.47 Å². The van der Waals surface area contributed by atoms with Gasteiger partial charge in [-0.2, -0.15) is 0 Å². The number of amidine groups is 1. The summed E-state index contributed by atoms with van der Waals surface area (Å²) in [6, 6.07) is 19.0. The molecule has 6 nitrogen and oxygen atoms in total. The third kappa shape index (κ3) is 6.12. The Hall–Kier alpha value is -3.84. The second-order valence-corrected chi connectivity index (χ2v) is 9.73. The summed E-state index contributed by atoms with van der Waals surface area (Å²) in [5.41, 5.74) is 5.61. The summed E-state index contributed by atoms with van der Waals surface area (Å²) in [7, 11) is 1.62. The topological polar surface area (TPSA) is 68.2 Å². The summed E-state index contributed by atoms with van der Waals surface area (Å²) < 4.78 is 11.0. The van der Waals surface area contributed by atoms with Crippen molar-refractivity contribution < 1.29 is 19.1 Å². The van der Waals surface area contributed by atoms with Crippen LogP contribution in [0.1, 0.15) is 46.5 Å². The average molecular weight is 515 g/mol. The van der Waals surface area contributed by atoms with E-state index in [2.05, 4.69) is 6.07 Å². The summed E-state index contributed by atoms with van der Waals surface area (Å²) >= 11 is 1.44. The molecule has 1 heterocycles. The Labute approximate surface area is 222 Å². The van der Waals surface area contributed by atoms with Crippen molar-refractivity contribution in [1.82, 2.24) is 0 Å². The van der Waals surface area contributed by atoms with Gasteiger partial charge in [-0.15, -0.1) is 0 Å². The summed E-state index contributed by atoms with van der Waals surface area (Å²) in [6.07, 6.45) is 1.78. The van der Waals surface area contributed by atoms with Crippen LogP contribution in [0.3, 0.4) is 0 Å². The molecule has 1 aliphatic heterocycles. The quantitative estimate of drug-likeness (QED) is 0.251. The maximum absolute atomic E-state index is 13.6. The molecule has 0 radical (unpaired) electrons. The Morgan fingerprint density at radius 3 is 2.35 bits per heavy atom. The lowest BCUT2D eigenvalue weighted by Crippen LogP contribution is -2.30. The lowest BCUT2D eigenvalue weighted by molar-refractivity contribution is -0.113. The molecule has 190 valence electrons. The third-order valence-corrected chi connectivity index (χ3v) is 6.82. The van der Waals surface area contributed by atoms with Crippen molar-refractivity contribution in [2.75, 3.05) is 18.6 Å². The van der Waals surface area contributed by atoms with E-state index in [0.29, 0.717) is 28.8 Å². The van der Waals surface area contributed by atoms with E-state index in [1.54, 1.807) is 31.1 Å². The Kier molecular flexibility index (Phi) is 8.14. The fourth-order valence-corrected chi connectivity index (χ4v) is 5.10. The number of carbonyl (C=O) groups excluding carboxylic acids is 2. The molecule has 0 N–H and O–H groups in total. The molecule has 3 aromatic rings. The fraction of sp³-hybridized carbons (Fsp3) is 0.233. The molecule has 37 heavy (non-hydrogen) atoms. The summed E-state index contributed by atoms with van der Waals surface area (Å²) in [5.74, 6) is 1.75. The normalized spacial score (nSPS) is 14.2. The van der Waals surface area contributed by atoms with Crippen LogP contribution >= 0.6 is 11.8 Å². The molecule has 4 rings (SSSR count). The molecule has 0 fully saturated rings. The van der Waals surface area contributed by atoms with Gasteiger partial charge in [0.15, 0.2) is 11.0 Å². The zero-order chi connectivity index (χ0) is 26.5. The molecule has 3 aromatic carbocycles. The predicted octanol–water partition coefficient (Wildman–Crippen LogP) is 6.59. The standard InChI is InChI=1S/C30H30N2O4S/c1-6-36-28-12-9-23(21(4)33)17-24(28)18-37-30-31-27(16-22-7-10-26(35-5)11-8-22)29(34)32(30)25-14-19(2)13-20(3)15-25/h7-17H,6,18H2,1-5H3/b27-16-. The lowest BCUT2D eigenvalue weighted by Gasteiger charge is -2.19. The number of benzene rings is 3. The number of ketones is 1. The summed E-state index contributed by atoms with van der Waals surface area (Å²) in [4.78, 5) is 32.0. The molecule has 0 saturated carbocycles. The van der Waals surface area contributed by atoms with Crippen LogP contribution in [0.5, 0.6) is 11.5 Å². The van der Waals surface area contributed by atoms with E-state index in [9.17, 15) is 9.59 Å². The minimum Gasteiger partial charge on any atom is -0.497 e. The highest BCUT2D eigenvalue weighted by Gasteiger charge is 2.32. The Balaban J connectivity index is 1.71. The van der Waals surface area contributed by atoms with Crippen LogP contribution in [0, 0.1) is 13.8 Å². The van der Waals surface area contributed by atoms with Crippen LogP contribution in [-0.2, 0) is 10.5 Å². The zero-order valence-electron chi connectivity index (χ0n) is 21.7. The van der Waals surface area contributed by atoms with Gasteiger partial charge in [0.25, 0.3) is 5.91 Å². The van der Waals surface area contributed by atoms with Gasteiger partial charge in [-0.05, 0) is 92.9 Å². The Bertz CT molecular complexity index is 1370. The number of ether oxygens (including phenoxy) is 2. The molecule has 0 atom stereocenters. The molecule has 0 saturated heterocycles. The molecule has 0 aliphatic carbocycles. The maximum Gasteiger partial charge on any atom is 0.283 e. The number of hydrogen-bond acceptors (Lipinski definition) is 6. The van der Waals surface area contributed by atoms with Crippen LogP contribution < -0.4 is 14.4 Å². The zero-order valence-corrected chi connectivity index (χ0v) is 22.5. The largest absolute Gasteiger partial charge is 0.497 e. The summed E-state index contributed by atoms with van der Waals surface area (Å²) in [6.45, 7) is 8.01. The first-order chi connectivity index (χ1) is 17.8. The maximum atomic E-state index is 13.6. The second kappa shape index (κ2) is 11.5. The number of Topliss-reactive ketones (excluding diaryl/α,β-unsaturated/α-hetero) is 1. The van der Waals surface area contributed by atoms with Crippen molar-refractivity contribution in [1.29, 1.82) is 0 Å². The van der Waals surface area contributed by atoms with E-state index in [1.165, 1.54) is 11.8 Å². The van der Waals surface area contributed by atoms with Crippen LogP contribution in [0.15, 0.2) is 71.4 Å². The van der Waals surface area contributed by atoms with Gasteiger partial charge in [-0.25, -0.2) is 4.99 Å². The lowest BCUT2D eigenvalue weighted by atomic mass is 10.1. The van der Waals surface area contributed by atoms with E-state index in [-0.39, 0.29) is 11.7 Å². The molecular weight excluding hydrogens is 484 g/mol. The minimum atomic E-state index is -0.189. The summed E-state index contributed by atoms with van der Waals surface area (Å²) in [5, 5.41) is 0.574. The minimum absolute atomic E-state index is 0.00995. The SMILES string of the molecule is CCOc1ccc(C(C)=O)cc1CSC1=N/C(=C\c2ccc(OC)cc2)C(=O)N1c1cc(C)cc(C)c1. The number of hydrogen-bond donors (Lipinski definition) is 0. The first-order valence-electron chi connectivity index (χ1n) is 12.1. The number of aryl methyl sites for hydroxylation is 2. The van der Waals surface area contributed by atoms with Crippen molar-refractivity contribution in [3.05, 3.63) is 94.2 Å². The smallest absolute Gasteiger partial charge is 0.283 e. The molecular formula is C30H30N2O4S. The number of aliphatic imine (C=N–C) groups is 1. The van der Waals surface area contributed by atoms with E-state index in [1.807, 2.05) is 69.3 Å². The molecule has 7 heteroatoms. The highest BCUT2D eigenvalue weighted by atomic mass is 32.2. The molecule has 1 aliphatic rings. The van der Waals surface area contributed by atoms with E-state index in [0.717, 1.165) is 39.4 Å². The Morgan fingerprint density at radius 1 is 1.03 bits per heavy atom. The van der Waals surface area contributed by atoms with Crippen molar-refractivity contribution in [3.8, 4) is 11.5 Å². The number of anilines is 1. The molecule has 0 aromatic heterocycles. The monoisotopic (exact) mass is 514 g/mol. The first kappa shape index (κ1) is 26.2. The highest BCUT2D eigenvalue weighted by molar-refractivity contribution is 8.13. The van der Waals surface area contributed by atoms with Gasteiger partial charge in [-0.1, -0.05) is 30.0 Å². The van der Waals surface area contributed by atoms with E-state index in [4.69, 9.17) is 14.5 Å². The molecule has 0 spiro atoms. The second-order valence-electron chi connectivity index (χ2n) is 8.78. The van der Waals surface area contributed by atoms with Gasteiger partial charge in [-0.3, -0.25) is 14.5 Å². The highest BCUT2D eigenvalue weighted by Crippen LogP contribution is 2.34. The Morgan fingerprint density at radius 2 is 1.73 bits per heavy atom. The molecule has 0 unspecified atom stereocenters. The number of amides is 1. The van der Waals surface area contributed by atoms with Gasteiger partial charge in [0.2, 0.25) is 0 Å². The van der Waals surface area contributed by atoms with Gasteiger partial charge in [0.05, 0.1) is 19.4 Å². The van der Waals surface area contributed by atoms with Crippen molar-refractivity contribution >= 4 is 40.4 Å². The number of rotatable bonds is 8. The van der Waals surface area contributed by atoms with Crippen LogP contribution in [-0.4, -0.2) is 30.6 Å². The van der Waals surface area contributed by atoms with E-state index < -0.39 is 0 Å². The predicted molar refractivity (Wildman–Crippen MR) is 151 cm³/mol. The van der Waals surface area contributed by atoms with Crippen LogP contribution in [0.25, 0.3) is 6.08 Å². The molecule has 0 bridgehead atoms. The average Bonchev–Trinajstić information content (AvgIpc) is 3.18. The van der Waals surface area contributed by atoms with Crippen molar-refractivity contribution in [2.24, 2.45) is 4.99 Å². The number of thioether (sulfide) groups is 1. The van der Waals surface area contributed by atoms with Crippen LogP contribution in [0.2, 0.25) is 0 Å². The van der Waals surface area contributed by atoms with E-state index >= 15 is 0 Å². The van der Waals surface area contributed by atoms with Crippen LogP contribution in [0.4, 0.5) is 5.69 Å². The fourth-order valence-electron chi connectivity index (χ4n) is 4.11. The number of carbonyl (C=O) groups is 2. The van der Waals surface area contributed by atoms with Crippen molar-refractivity contribution in [3.63, 3.8) is 0 Å². The first-order valence-corrected chi connectivity index (χ1v) is 13.0. The van der Waals surface area contributed by atoms with Gasteiger partial charge in [0, 0.05) is 16.9 Å².